The lowest BCUT2D eigenvalue weighted by Crippen LogP contribution is -2.48. The predicted octanol–water partition coefficient (Wildman–Crippen LogP) is 2.30. The van der Waals surface area contributed by atoms with Crippen molar-refractivity contribution in [3.63, 3.8) is 0 Å². The second kappa shape index (κ2) is 6.40. The molecular formula is C17H23N5O. The first-order valence-corrected chi connectivity index (χ1v) is 8.04. The highest BCUT2D eigenvalue weighted by Crippen LogP contribution is 2.43. The van der Waals surface area contributed by atoms with Gasteiger partial charge in [-0.25, -0.2) is 4.79 Å². The number of aromatic nitrogens is 3. The fourth-order valence-corrected chi connectivity index (χ4v) is 3.21. The lowest BCUT2D eigenvalue weighted by atomic mass is 9.64. The first-order valence-electron chi connectivity index (χ1n) is 8.04. The van der Waals surface area contributed by atoms with Gasteiger partial charge in [-0.1, -0.05) is 36.8 Å². The fraction of sp³-hybridized carbons (Fsp3) is 0.471. The van der Waals surface area contributed by atoms with Gasteiger partial charge in [0.15, 0.2) is 5.82 Å². The van der Waals surface area contributed by atoms with E-state index < -0.39 is 0 Å². The summed E-state index contributed by atoms with van der Waals surface area (Å²) in [5.41, 5.74) is 1.40. The molecule has 2 aromatic rings. The highest BCUT2D eigenvalue weighted by atomic mass is 16.2. The zero-order chi connectivity index (χ0) is 16.3. The summed E-state index contributed by atoms with van der Waals surface area (Å²) in [4.78, 5) is 12.2. The number of hydrogen-bond donors (Lipinski definition) is 2. The van der Waals surface area contributed by atoms with Crippen LogP contribution in [-0.4, -0.2) is 27.3 Å². The molecule has 1 saturated carbocycles. The number of amides is 2. The smallest absolute Gasteiger partial charge is 0.315 e. The van der Waals surface area contributed by atoms with Gasteiger partial charge in [0.2, 0.25) is 0 Å². The first-order chi connectivity index (χ1) is 11.1. The molecule has 2 amide bonds. The molecular weight excluding hydrogens is 290 g/mol. The second-order valence-electron chi connectivity index (χ2n) is 6.35. The third kappa shape index (κ3) is 3.21. The van der Waals surface area contributed by atoms with E-state index in [0.29, 0.717) is 6.54 Å². The van der Waals surface area contributed by atoms with E-state index in [1.807, 2.05) is 24.6 Å². The van der Waals surface area contributed by atoms with Gasteiger partial charge in [0, 0.05) is 19.0 Å². The third-order valence-electron chi connectivity index (χ3n) is 4.77. The monoisotopic (exact) mass is 313 g/mol. The van der Waals surface area contributed by atoms with Gasteiger partial charge in [0.1, 0.15) is 6.33 Å². The highest BCUT2D eigenvalue weighted by molar-refractivity contribution is 5.74. The highest BCUT2D eigenvalue weighted by Gasteiger charge is 2.38. The van der Waals surface area contributed by atoms with E-state index in [1.165, 1.54) is 12.0 Å². The van der Waals surface area contributed by atoms with Gasteiger partial charge in [-0.2, -0.15) is 0 Å². The van der Waals surface area contributed by atoms with E-state index >= 15 is 0 Å². The van der Waals surface area contributed by atoms with Crippen LogP contribution < -0.4 is 10.6 Å². The van der Waals surface area contributed by atoms with Crippen LogP contribution in [0.4, 0.5) is 4.79 Å². The van der Waals surface area contributed by atoms with Crippen LogP contribution in [0.2, 0.25) is 0 Å². The van der Waals surface area contributed by atoms with Gasteiger partial charge in [-0.05, 0) is 25.3 Å². The van der Waals surface area contributed by atoms with Gasteiger partial charge >= 0.3 is 6.03 Å². The largest absolute Gasteiger partial charge is 0.337 e. The number of aryl methyl sites for hydroxylation is 1. The molecule has 0 spiro atoms. The SMILES string of the molecule is CC(NC(=O)NCC1(c2ccccc2)CCC1)c1nncn1C. The molecule has 3 rings (SSSR count). The molecule has 0 saturated heterocycles. The summed E-state index contributed by atoms with van der Waals surface area (Å²) >= 11 is 0. The van der Waals surface area contributed by atoms with Crippen LogP contribution in [0.25, 0.3) is 0 Å². The number of carbonyl (C=O) groups is 1. The van der Waals surface area contributed by atoms with Crippen molar-refractivity contribution in [3.8, 4) is 0 Å². The Hall–Kier alpha value is -2.37. The molecule has 23 heavy (non-hydrogen) atoms. The summed E-state index contributed by atoms with van der Waals surface area (Å²) < 4.78 is 1.81. The lowest BCUT2D eigenvalue weighted by Gasteiger charge is -2.42. The Morgan fingerprint density at radius 2 is 2.09 bits per heavy atom. The van der Waals surface area contributed by atoms with Crippen LogP contribution in [0.5, 0.6) is 0 Å². The molecule has 2 N–H and O–H groups in total. The Morgan fingerprint density at radius 3 is 2.65 bits per heavy atom. The van der Waals surface area contributed by atoms with Crippen molar-refractivity contribution in [2.45, 2.75) is 37.6 Å². The Morgan fingerprint density at radius 1 is 1.35 bits per heavy atom. The van der Waals surface area contributed by atoms with Crippen LogP contribution in [0.3, 0.4) is 0 Å². The minimum atomic E-state index is -0.184. The minimum Gasteiger partial charge on any atom is -0.337 e. The van der Waals surface area contributed by atoms with E-state index in [-0.39, 0.29) is 17.5 Å². The zero-order valence-electron chi connectivity index (χ0n) is 13.6. The molecule has 1 fully saturated rings. The second-order valence-corrected chi connectivity index (χ2v) is 6.35. The molecule has 1 unspecified atom stereocenters. The normalized spacial score (nSPS) is 17.1. The topological polar surface area (TPSA) is 71.8 Å². The standard InChI is InChI=1S/C17H23N5O/c1-13(15-21-19-12-22(15)2)20-16(23)18-11-17(9-6-10-17)14-7-4-3-5-8-14/h3-5,7-8,12-13H,6,9-11H2,1-2H3,(H2,18,20,23). The number of carbonyl (C=O) groups excluding carboxylic acids is 1. The predicted molar refractivity (Wildman–Crippen MR) is 87.9 cm³/mol. The van der Waals surface area contributed by atoms with Gasteiger partial charge in [0.05, 0.1) is 6.04 Å². The van der Waals surface area contributed by atoms with Crippen LogP contribution in [0.15, 0.2) is 36.7 Å². The molecule has 1 aromatic carbocycles. The summed E-state index contributed by atoms with van der Waals surface area (Å²) in [5.74, 6) is 0.738. The van der Waals surface area contributed by atoms with Crippen LogP contribution in [-0.2, 0) is 12.5 Å². The molecule has 6 heteroatoms. The minimum absolute atomic E-state index is 0.0899. The Kier molecular flexibility index (Phi) is 4.32. The molecule has 1 heterocycles. The van der Waals surface area contributed by atoms with E-state index in [4.69, 9.17) is 0 Å². The van der Waals surface area contributed by atoms with Crippen molar-refractivity contribution in [1.82, 2.24) is 25.4 Å². The van der Waals surface area contributed by atoms with Gasteiger partial charge in [0.25, 0.3) is 0 Å². The maximum absolute atomic E-state index is 12.2. The molecule has 0 aliphatic heterocycles. The fourth-order valence-electron chi connectivity index (χ4n) is 3.21. The number of nitrogens with one attached hydrogen (secondary N) is 2. The van der Waals surface area contributed by atoms with Crippen molar-refractivity contribution in [2.75, 3.05) is 6.54 Å². The van der Waals surface area contributed by atoms with Gasteiger partial charge < -0.3 is 15.2 Å². The number of nitrogens with zero attached hydrogens (tertiary/aromatic N) is 3. The first kappa shape index (κ1) is 15.5. The van der Waals surface area contributed by atoms with Crippen molar-refractivity contribution in [1.29, 1.82) is 0 Å². The molecule has 0 radical (unpaired) electrons. The number of rotatable bonds is 5. The van der Waals surface area contributed by atoms with Crippen LogP contribution >= 0.6 is 0 Å². The van der Waals surface area contributed by atoms with E-state index in [9.17, 15) is 4.79 Å². The maximum Gasteiger partial charge on any atom is 0.315 e. The number of benzene rings is 1. The Labute approximate surface area is 136 Å². The number of urea groups is 1. The summed E-state index contributed by atoms with van der Waals surface area (Å²) in [5, 5.41) is 13.8. The molecule has 1 aromatic heterocycles. The lowest BCUT2D eigenvalue weighted by molar-refractivity contribution is 0.212. The zero-order valence-corrected chi connectivity index (χ0v) is 13.6. The molecule has 1 atom stereocenters. The van der Waals surface area contributed by atoms with E-state index in [1.54, 1.807) is 6.33 Å². The molecule has 1 aliphatic rings. The molecule has 0 bridgehead atoms. The summed E-state index contributed by atoms with van der Waals surface area (Å²) in [6, 6.07) is 10.1. The average molecular weight is 313 g/mol. The van der Waals surface area contributed by atoms with Crippen LogP contribution in [0.1, 0.15) is 43.6 Å². The quantitative estimate of drug-likeness (QED) is 0.889. The van der Waals surface area contributed by atoms with Gasteiger partial charge in [-0.15, -0.1) is 10.2 Å². The summed E-state index contributed by atoms with van der Waals surface area (Å²) in [7, 11) is 1.87. The van der Waals surface area contributed by atoms with Crippen LogP contribution in [0, 0.1) is 0 Å². The Balaban J connectivity index is 1.57. The van der Waals surface area contributed by atoms with E-state index in [0.717, 1.165) is 18.7 Å². The summed E-state index contributed by atoms with van der Waals surface area (Å²) in [6.07, 6.45) is 5.09. The average Bonchev–Trinajstić information content (AvgIpc) is 2.93. The van der Waals surface area contributed by atoms with E-state index in [2.05, 4.69) is 45.1 Å². The Bertz CT molecular complexity index is 663. The van der Waals surface area contributed by atoms with Crippen molar-refractivity contribution in [3.05, 3.63) is 48.0 Å². The van der Waals surface area contributed by atoms with Crippen molar-refractivity contribution >= 4 is 6.03 Å². The molecule has 122 valence electrons. The number of hydrogen-bond acceptors (Lipinski definition) is 3. The molecule has 1 aliphatic carbocycles. The van der Waals surface area contributed by atoms with Crippen molar-refractivity contribution in [2.24, 2.45) is 7.05 Å². The third-order valence-corrected chi connectivity index (χ3v) is 4.77. The molecule has 6 nitrogen and oxygen atoms in total. The summed E-state index contributed by atoms with van der Waals surface area (Å²) in [6.45, 7) is 2.56. The van der Waals surface area contributed by atoms with Crippen molar-refractivity contribution < 1.29 is 4.79 Å². The maximum atomic E-state index is 12.2. The van der Waals surface area contributed by atoms with Gasteiger partial charge in [-0.3, -0.25) is 0 Å².